The van der Waals surface area contributed by atoms with Crippen LogP contribution in [0.25, 0.3) is 0 Å². The predicted octanol–water partition coefficient (Wildman–Crippen LogP) is 4.02. The molecule has 1 heterocycles. The molecule has 1 amide bonds. The summed E-state index contributed by atoms with van der Waals surface area (Å²) in [5, 5.41) is 0. The van der Waals surface area contributed by atoms with Crippen LogP contribution >= 0.6 is 15.9 Å². The molecule has 0 N–H and O–H groups in total. The molecule has 0 radical (unpaired) electrons. The highest BCUT2D eigenvalue weighted by atomic mass is 79.9. The quantitative estimate of drug-likeness (QED) is 0.778. The van der Waals surface area contributed by atoms with Crippen LogP contribution in [0, 0.1) is 5.82 Å². The largest absolute Gasteiger partial charge is 0.491 e. The lowest BCUT2D eigenvalue weighted by Gasteiger charge is -2.22. The predicted molar refractivity (Wildman–Crippen MR) is 82.3 cm³/mol. The second-order valence-electron chi connectivity index (χ2n) is 4.75. The van der Waals surface area contributed by atoms with Crippen LogP contribution in [0.2, 0.25) is 0 Å². The van der Waals surface area contributed by atoms with Gasteiger partial charge in [0.15, 0.2) is 0 Å². The van der Waals surface area contributed by atoms with Crippen LogP contribution in [-0.2, 0) is 0 Å². The molecular formula is C16H13BrFNO2. The summed E-state index contributed by atoms with van der Waals surface area (Å²) in [4.78, 5) is 14.2. The van der Waals surface area contributed by atoms with Crippen LogP contribution in [0.15, 0.2) is 46.9 Å². The van der Waals surface area contributed by atoms with E-state index in [0.29, 0.717) is 35.5 Å². The van der Waals surface area contributed by atoms with Crippen LogP contribution in [0.3, 0.4) is 0 Å². The molecule has 0 saturated carbocycles. The highest BCUT2D eigenvalue weighted by Gasteiger charge is 2.24. The molecule has 3 nitrogen and oxygen atoms in total. The number of amides is 1. The zero-order valence-corrected chi connectivity index (χ0v) is 12.8. The smallest absolute Gasteiger partial charge is 0.261 e. The first kappa shape index (κ1) is 14.1. The number of hydrogen-bond acceptors (Lipinski definition) is 2. The van der Waals surface area contributed by atoms with Gasteiger partial charge in [0, 0.05) is 11.0 Å². The van der Waals surface area contributed by atoms with Gasteiger partial charge < -0.3 is 9.64 Å². The average Bonchev–Trinajstić information content (AvgIpc) is 2.69. The molecule has 0 spiro atoms. The Morgan fingerprint density at radius 3 is 2.86 bits per heavy atom. The lowest BCUT2D eigenvalue weighted by molar-refractivity contribution is 0.0983. The third-order valence-electron chi connectivity index (χ3n) is 3.35. The summed E-state index contributed by atoms with van der Waals surface area (Å²) >= 11 is 3.19. The van der Waals surface area contributed by atoms with Gasteiger partial charge in [-0.1, -0.05) is 28.1 Å². The molecule has 0 bridgehead atoms. The van der Waals surface area contributed by atoms with Gasteiger partial charge in [-0.15, -0.1) is 0 Å². The van der Waals surface area contributed by atoms with Crippen LogP contribution in [0.5, 0.6) is 5.75 Å². The van der Waals surface area contributed by atoms with Crippen LogP contribution in [0.1, 0.15) is 16.8 Å². The molecule has 0 unspecified atom stereocenters. The monoisotopic (exact) mass is 349 g/mol. The third kappa shape index (κ3) is 2.78. The normalized spacial score (nSPS) is 14.1. The zero-order valence-electron chi connectivity index (χ0n) is 11.2. The van der Waals surface area contributed by atoms with E-state index >= 15 is 0 Å². The van der Waals surface area contributed by atoms with Crippen molar-refractivity contribution >= 4 is 27.5 Å². The van der Waals surface area contributed by atoms with E-state index in [-0.39, 0.29) is 11.5 Å². The molecule has 0 aromatic heterocycles. The summed E-state index contributed by atoms with van der Waals surface area (Å²) < 4.78 is 20.3. The number of hydrogen-bond donors (Lipinski definition) is 0. The van der Waals surface area contributed by atoms with E-state index < -0.39 is 5.82 Å². The lowest BCUT2D eigenvalue weighted by atomic mass is 10.1. The maximum atomic E-state index is 14.0. The van der Waals surface area contributed by atoms with E-state index in [1.165, 1.54) is 12.1 Å². The second-order valence-corrected chi connectivity index (χ2v) is 5.67. The van der Waals surface area contributed by atoms with E-state index in [4.69, 9.17) is 4.74 Å². The molecular weight excluding hydrogens is 337 g/mol. The molecule has 0 fully saturated rings. The van der Waals surface area contributed by atoms with Gasteiger partial charge in [-0.25, -0.2) is 4.39 Å². The summed E-state index contributed by atoms with van der Waals surface area (Å²) in [6.45, 7) is 1.05. The Morgan fingerprint density at radius 2 is 2.05 bits per heavy atom. The number of fused-ring (bicyclic) bond motifs is 1. The van der Waals surface area contributed by atoms with E-state index in [1.807, 2.05) is 24.3 Å². The third-order valence-corrected chi connectivity index (χ3v) is 3.84. The van der Waals surface area contributed by atoms with Crippen molar-refractivity contribution in [1.82, 2.24) is 0 Å². The summed E-state index contributed by atoms with van der Waals surface area (Å²) in [6, 6.07) is 11.8. The Bertz CT molecular complexity index is 690. The van der Waals surface area contributed by atoms with Gasteiger partial charge in [0.05, 0.1) is 17.9 Å². The Labute approximate surface area is 130 Å². The number of carbonyl (C=O) groups excluding carboxylic acids is 1. The number of nitrogens with zero attached hydrogens (tertiary/aromatic N) is 1. The Kier molecular flexibility index (Phi) is 3.92. The fourth-order valence-corrected chi connectivity index (χ4v) is 2.68. The van der Waals surface area contributed by atoms with Crippen molar-refractivity contribution in [3.63, 3.8) is 0 Å². The lowest BCUT2D eigenvalue weighted by Crippen LogP contribution is -2.32. The first-order chi connectivity index (χ1) is 10.2. The molecule has 3 rings (SSSR count). The van der Waals surface area contributed by atoms with E-state index in [2.05, 4.69) is 15.9 Å². The molecule has 2 aromatic carbocycles. The van der Waals surface area contributed by atoms with Crippen molar-refractivity contribution in [1.29, 1.82) is 0 Å². The van der Waals surface area contributed by atoms with Gasteiger partial charge in [-0.05, 0) is 36.8 Å². The maximum Gasteiger partial charge on any atom is 0.261 e. The number of carbonyl (C=O) groups is 1. The van der Waals surface area contributed by atoms with Crippen LogP contribution < -0.4 is 9.64 Å². The van der Waals surface area contributed by atoms with E-state index in [0.717, 1.165) is 0 Å². The minimum atomic E-state index is -0.531. The van der Waals surface area contributed by atoms with Gasteiger partial charge in [-0.2, -0.15) is 0 Å². The fraction of sp³-hybridized carbons (Fsp3) is 0.188. The standard InChI is InChI=1S/C16H13BrFNO2/c17-11-6-7-12(13(18)10-11)16(20)19-8-3-9-21-15-5-2-1-4-14(15)19/h1-2,4-7,10H,3,8-9H2. The molecule has 0 atom stereocenters. The van der Waals surface area contributed by atoms with Crippen LogP contribution in [0.4, 0.5) is 10.1 Å². The minimum absolute atomic E-state index is 0.0647. The van der Waals surface area contributed by atoms with Crippen LogP contribution in [-0.4, -0.2) is 19.1 Å². The molecule has 2 aromatic rings. The SMILES string of the molecule is O=C(c1ccc(Br)cc1F)N1CCCOc2ccccc21. The first-order valence-corrected chi connectivity index (χ1v) is 7.45. The number of halogens is 2. The van der Waals surface area contributed by atoms with Gasteiger partial charge in [0.2, 0.25) is 0 Å². The van der Waals surface area contributed by atoms with Crippen molar-refractivity contribution in [3.05, 3.63) is 58.3 Å². The van der Waals surface area contributed by atoms with E-state index in [9.17, 15) is 9.18 Å². The number of para-hydroxylation sites is 2. The average molecular weight is 350 g/mol. The number of anilines is 1. The molecule has 1 aliphatic rings. The van der Waals surface area contributed by atoms with Crippen molar-refractivity contribution < 1.29 is 13.9 Å². The summed E-state index contributed by atoms with van der Waals surface area (Å²) in [6.07, 6.45) is 0.707. The minimum Gasteiger partial charge on any atom is -0.491 e. The van der Waals surface area contributed by atoms with Crippen molar-refractivity contribution in [2.45, 2.75) is 6.42 Å². The van der Waals surface area contributed by atoms with Crippen molar-refractivity contribution in [3.8, 4) is 5.75 Å². The molecule has 0 aliphatic carbocycles. The zero-order chi connectivity index (χ0) is 14.8. The van der Waals surface area contributed by atoms with Gasteiger partial charge in [-0.3, -0.25) is 4.79 Å². The fourth-order valence-electron chi connectivity index (χ4n) is 2.35. The second kappa shape index (κ2) is 5.85. The molecule has 21 heavy (non-hydrogen) atoms. The highest BCUT2D eigenvalue weighted by molar-refractivity contribution is 9.10. The molecule has 1 aliphatic heterocycles. The Hall–Kier alpha value is -1.88. The summed E-state index contributed by atoms with van der Waals surface area (Å²) in [5.74, 6) is -0.226. The maximum absolute atomic E-state index is 14.0. The molecule has 108 valence electrons. The van der Waals surface area contributed by atoms with Crippen molar-refractivity contribution in [2.24, 2.45) is 0 Å². The molecule has 0 saturated heterocycles. The van der Waals surface area contributed by atoms with E-state index in [1.54, 1.807) is 11.0 Å². The van der Waals surface area contributed by atoms with Crippen molar-refractivity contribution in [2.75, 3.05) is 18.1 Å². The number of benzene rings is 2. The highest BCUT2D eigenvalue weighted by Crippen LogP contribution is 2.32. The number of rotatable bonds is 1. The summed E-state index contributed by atoms with van der Waals surface area (Å²) in [5.41, 5.74) is 0.747. The Balaban J connectivity index is 2.01. The molecule has 5 heteroatoms. The number of ether oxygens (including phenoxy) is 1. The first-order valence-electron chi connectivity index (χ1n) is 6.65. The topological polar surface area (TPSA) is 29.5 Å². The van der Waals surface area contributed by atoms with Gasteiger partial charge in [0.1, 0.15) is 11.6 Å². The van der Waals surface area contributed by atoms with Gasteiger partial charge >= 0.3 is 0 Å². The Morgan fingerprint density at radius 1 is 1.24 bits per heavy atom. The van der Waals surface area contributed by atoms with Gasteiger partial charge in [0.25, 0.3) is 5.91 Å². The summed E-state index contributed by atoms with van der Waals surface area (Å²) in [7, 11) is 0.